The summed E-state index contributed by atoms with van der Waals surface area (Å²) in [7, 11) is 0. The number of ether oxygens (including phenoxy) is 1. The lowest BCUT2D eigenvalue weighted by Gasteiger charge is -2.36. The molecular weight excluding hydrogens is 439 g/mol. The Morgan fingerprint density at radius 1 is 1.00 bits per heavy atom. The van der Waals surface area contributed by atoms with Gasteiger partial charge in [0.25, 0.3) is 5.91 Å². The number of nitro benzene ring substituents is 1. The summed E-state index contributed by atoms with van der Waals surface area (Å²) < 4.78 is 18.9. The molecule has 3 aromatic rings. The van der Waals surface area contributed by atoms with E-state index in [0.717, 1.165) is 50.5 Å². The summed E-state index contributed by atoms with van der Waals surface area (Å²) in [5.74, 6) is -1.39. The van der Waals surface area contributed by atoms with E-state index in [1.807, 2.05) is 30.3 Å². The Morgan fingerprint density at radius 3 is 2.35 bits per heavy atom. The number of halogens is 1. The Labute approximate surface area is 196 Å². The van der Waals surface area contributed by atoms with Crippen molar-refractivity contribution >= 4 is 23.0 Å². The van der Waals surface area contributed by atoms with Crippen LogP contribution < -0.4 is 15.0 Å². The van der Waals surface area contributed by atoms with E-state index in [-0.39, 0.29) is 12.4 Å². The second-order valence-corrected chi connectivity index (χ2v) is 8.00. The number of anilines is 2. The van der Waals surface area contributed by atoms with Crippen molar-refractivity contribution in [1.82, 2.24) is 4.90 Å². The molecule has 0 aliphatic carbocycles. The second kappa shape index (κ2) is 10.8. The number of carbonyl (C=O) groups is 1. The number of nitrogens with one attached hydrogen (secondary N) is 1. The van der Waals surface area contributed by atoms with Crippen LogP contribution in [0.15, 0.2) is 72.8 Å². The summed E-state index contributed by atoms with van der Waals surface area (Å²) in [6.45, 7) is 4.43. The van der Waals surface area contributed by atoms with Gasteiger partial charge in [-0.25, -0.2) is 0 Å². The van der Waals surface area contributed by atoms with Crippen molar-refractivity contribution in [2.45, 2.75) is 6.54 Å². The summed E-state index contributed by atoms with van der Waals surface area (Å²) in [5, 5.41) is 13.4. The zero-order valence-corrected chi connectivity index (χ0v) is 18.5. The van der Waals surface area contributed by atoms with E-state index >= 15 is 0 Å². The lowest BCUT2D eigenvalue weighted by atomic mass is 10.2. The molecule has 0 bridgehead atoms. The third kappa shape index (κ3) is 6.08. The smallest absolute Gasteiger partial charge is 0.305 e. The molecular formula is C25H25FN4O4. The quantitative estimate of drug-likeness (QED) is 0.399. The number of nitrogens with zero attached hydrogens (tertiary/aromatic N) is 3. The molecule has 1 aliphatic heterocycles. The first-order valence-corrected chi connectivity index (χ1v) is 11.0. The Bertz CT molecular complexity index is 1130. The summed E-state index contributed by atoms with van der Waals surface area (Å²) in [4.78, 5) is 26.8. The van der Waals surface area contributed by atoms with Crippen LogP contribution >= 0.6 is 0 Å². The predicted octanol–water partition coefficient (Wildman–Crippen LogP) is 4.07. The Kier molecular flexibility index (Phi) is 7.34. The molecule has 1 heterocycles. The average molecular weight is 464 g/mol. The molecule has 8 nitrogen and oxygen atoms in total. The van der Waals surface area contributed by atoms with E-state index in [1.54, 1.807) is 0 Å². The SMILES string of the molecule is O=C(COc1ccc([N+](=O)[O-])c(F)c1)Nc1ccc(N2CCN(Cc3ccccc3)CC2)cc1. The maximum Gasteiger partial charge on any atom is 0.305 e. The zero-order valence-electron chi connectivity index (χ0n) is 18.5. The molecule has 1 saturated heterocycles. The number of hydrogen-bond acceptors (Lipinski definition) is 6. The van der Waals surface area contributed by atoms with Gasteiger partial charge in [0.1, 0.15) is 5.75 Å². The van der Waals surface area contributed by atoms with Crippen LogP contribution in [0.1, 0.15) is 5.56 Å². The van der Waals surface area contributed by atoms with Gasteiger partial charge in [-0.2, -0.15) is 4.39 Å². The van der Waals surface area contributed by atoms with Crippen molar-refractivity contribution in [3.63, 3.8) is 0 Å². The van der Waals surface area contributed by atoms with Gasteiger partial charge in [-0.15, -0.1) is 0 Å². The minimum absolute atomic E-state index is 0.0417. The summed E-state index contributed by atoms with van der Waals surface area (Å²) >= 11 is 0. The first kappa shape index (κ1) is 23.2. The van der Waals surface area contributed by atoms with Gasteiger partial charge in [0.15, 0.2) is 6.61 Å². The molecule has 0 saturated carbocycles. The molecule has 0 spiro atoms. The van der Waals surface area contributed by atoms with Gasteiger partial charge < -0.3 is 15.0 Å². The lowest BCUT2D eigenvalue weighted by molar-refractivity contribution is -0.387. The van der Waals surface area contributed by atoms with Crippen molar-refractivity contribution in [3.05, 3.63) is 94.3 Å². The highest BCUT2D eigenvalue weighted by Crippen LogP contribution is 2.23. The molecule has 9 heteroatoms. The van der Waals surface area contributed by atoms with E-state index in [0.29, 0.717) is 5.69 Å². The van der Waals surface area contributed by atoms with Gasteiger partial charge in [-0.1, -0.05) is 30.3 Å². The third-order valence-electron chi connectivity index (χ3n) is 5.62. The molecule has 176 valence electrons. The molecule has 0 atom stereocenters. The van der Waals surface area contributed by atoms with E-state index in [9.17, 15) is 19.3 Å². The van der Waals surface area contributed by atoms with Crippen LogP contribution in [0.4, 0.5) is 21.5 Å². The number of carbonyl (C=O) groups excluding carboxylic acids is 1. The fraction of sp³-hybridized carbons (Fsp3) is 0.240. The molecule has 34 heavy (non-hydrogen) atoms. The number of rotatable bonds is 8. The van der Waals surface area contributed by atoms with Crippen molar-refractivity contribution < 1.29 is 18.8 Å². The van der Waals surface area contributed by atoms with Crippen LogP contribution in [0.2, 0.25) is 0 Å². The number of hydrogen-bond donors (Lipinski definition) is 1. The maximum atomic E-state index is 13.7. The summed E-state index contributed by atoms with van der Waals surface area (Å²) in [5.41, 5.74) is 2.39. The van der Waals surface area contributed by atoms with Gasteiger partial charge in [0.05, 0.1) is 4.92 Å². The molecule has 0 radical (unpaired) electrons. The van der Waals surface area contributed by atoms with Gasteiger partial charge in [0, 0.05) is 56.2 Å². The van der Waals surface area contributed by atoms with Crippen LogP contribution in [0, 0.1) is 15.9 Å². The first-order valence-electron chi connectivity index (χ1n) is 11.0. The molecule has 0 aromatic heterocycles. The highest BCUT2D eigenvalue weighted by molar-refractivity contribution is 5.92. The second-order valence-electron chi connectivity index (χ2n) is 8.00. The zero-order chi connectivity index (χ0) is 23.9. The molecule has 1 amide bonds. The van der Waals surface area contributed by atoms with Gasteiger partial charge in [-0.05, 0) is 35.9 Å². The fourth-order valence-electron chi connectivity index (χ4n) is 3.83. The Hall–Kier alpha value is -3.98. The monoisotopic (exact) mass is 464 g/mol. The van der Waals surface area contributed by atoms with Crippen LogP contribution in [0.5, 0.6) is 5.75 Å². The lowest BCUT2D eigenvalue weighted by Crippen LogP contribution is -2.45. The van der Waals surface area contributed by atoms with Crippen LogP contribution in [0.3, 0.4) is 0 Å². The van der Waals surface area contributed by atoms with Gasteiger partial charge >= 0.3 is 5.69 Å². The van der Waals surface area contributed by atoms with E-state index in [1.165, 1.54) is 11.6 Å². The predicted molar refractivity (Wildman–Crippen MR) is 128 cm³/mol. The maximum absolute atomic E-state index is 13.7. The highest BCUT2D eigenvalue weighted by Gasteiger charge is 2.18. The van der Waals surface area contributed by atoms with E-state index in [4.69, 9.17) is 4.74 Å². The van der Waals surface area contributed by atoms with E-state index in [2.05, 4.69) is 39.4 Å². The largest absolute Gasteiger partial charge is 0.484 e. The normalized spacial score (nSPS) is 14.0. The minimum Gasteiger partial charge on any atom is -0.484 e. The molecule has 1 N–H and O–H groups in total. The van der Waals surface area contributed by atoms with Gasteiger partial charge in [-0.3, -0.25) is 19.8 Å². The molecule has 3 aromatic carbocycles. The van der Waals surface area contributed by atoms with Gasteiger partial charge in [0.2, 0.25) is 5.82 Å². The van der Waals surface area contributed by atoms with Crippen molar-refractivity contribution in [2.24, 2.45) is 0 Å². The fourth-order valence-corrected chi connectivity index (χ4v) is 3.83. The average Bonchev–Trinajstić information content (AvgIpc) is 2.84. The molecule has 1 aliphatic rings. The first-order chi connectivity index (χ1) is 16.5. The standard InChI is InChI=1S/C25H25FN4O4/c26-23-16-22(10-11-24(23)30(32)33)34-18-25(31)27-20-6-8-21(9-7-20)29-14-12-28(13-15-29)17-19-4-2-1-3-5-19/h1-11,16H,12-15,17-18H2,(H,27,31). The molecule has 1 fully saturated rings. The van der Waals surface area contributed by atoms with Crippen LogP contribution in [-0.4, -0.2) is 48.5 Å². The summed E-state index contributed by atoms with van der Waals surface area (Å²) in [6.07, 6.45) is 0. The van der Waals surface area contributed by atoms with Crippen molar-refractivity contribution in [1.29, 1.82) is 0 Å². The van der Waals surface area contributed by atoms with E-state index < -0.39 is 22.3 Å². The molecule has 4 rings (SSSR count). The molecule has 0 unspecified atom stereocenters. The van der Waals surface area contributed by atoms with Crippen molar-refractivity contribution in [2.75, 3.05) is 43.0 Å². The topological polar surface area (TPSA) is 87.9 Å². The summed E-state index contributed by atoms with van der Waals surface area (Å²) in [6, 6.07) is 21.2. The Morgan fingerprint density at radius 2 is 1.71 bits per heavy atom. The number of piperazine rings is 1. The minimum atomic E-state index is -1.01. The Balaban J connectivity index is 1.23. The third-order valence-corrected chi connectivity index (χ3v) is 5.62. The van der Waals surface area contributed by atoms with Crippen LogP contribution in [0.25, 0.3) is 0 Å². The number of amides is 1. The number of benzene rings is 3. The highest BCUT2D eigenvalue weighted by atomic mass is 19.1. The number of nitro groups is 1. The van der Waals surface area contributed by atoms with Crippen molar-refractivity contribution in [3.8, 4) is 5.75 Å². The van der Waals surface area contributed by atoms with Crippen LogP contribution in [-0.2, 0) is 11.3 Å².